The first-order valence-electron chi connectivity index (χ1n) is 6.54. The quantitative estimate of drug-likeness (QED) is 0.666. The molecule has 0 unspecified atom stereocenters. The van der Waals surface area contributed by atoms with Gasteiger partial charge in [0.05, 0.1) is 11.8 Å². The second-order valence-electron chi connectivity index (χ2n) is 4.84. The zero-order valence-electron chi connectivity index (χ0n) is 12.6. The van der Waals surface area contributed by atoms with Crippen LogP contribution in [0.2, 0.25) is 0 Å². The lowest BCUT2D eigenvalue weighted by atomic mass is 10.0. The van der Waals surface area contributed by atoms with E-state index in [9.17, 15) is 0 Å². The Bertz CT molecular complexity index is 659. The number of nitrogens with one attached hydrogen (secondary N) is 1. The Kier molecular flexibility index (Phi) is 4.37. The van der Waals surface area contributed by atoms with Gasteiger partial charge in [-0.2, -0.15) is 0 Å². The second-order valence-corrected chi connectivity index (χ2v) is 4.84. The van der Waals surface area contributed by atoms with Crippen molar-refractivity contribution in [3.05, 3.63) is 40.7 Å². The van der Waals surface area contributed by atoms with Gasteiger partial charge in [-0.1, -0.05) is 22.9 Å². The molecule has 0 fully saturated rings. The van der Waals surface area contributed by atoms with Crippen LogP contribution in [0.25, 0.3) is 0 Å². The van der Waals surface area contributed by atoms with Crippen molar-refractivity contribution in [1.82, 2.24) is 9.97 Å². The summed E-state index contributed by atoms with van der Waals surface area (Å²) in [6, 6.07) is 4.23. The topological polar surface area (TPSA) is 85.4 Å². The molecule has 0 radical (unpaired) electrons. The molecule has 21 heavy (non-hydrogen) atoms. The van der Waals surface area contributed by atoms with E-state index in [4.69, 9.17) is 10.6 Å². The van der Waals surface area contributed by atoms with E-state index in [1.165, 1.54) is 25.2 Å². The molecule has 0 amide bonds. The molecule has 0 bridgehead atoms. The number of hydrogen-bond donors (Lipinski definition) is 2. The van der Waals surface area contributed by atoms with Gasteiger partial charge < -0.3 is 15.9 Å². The number of benzene rings is 1. The van der Waals surface area contributed by atoms with Crippen LogP contribution in [0.3, 0.4) is 0 Å². The maximum absolute atomic E-state index is 5.88. The Morgan fingerprint density at radius 1 is 1.19 bits per heavy atom. The zero-order chi connectivity index (χ0) is 15.4. The van der Waals surface area contributed by atoms with Gasteiger partial charge in [0.15, 0.2) is 0 Å². The van der Waals surface area contributed by atoms with Gasteiger partial charge in [0.2, 0.25) is 0 Å². The Morgan fingerprint density at radius 2 is 1.86 bits per heavy atom. The molecule has 2 aromatic rings. The van der Waals surface area contributed by atoms with Crippen LogP contribution in [-0.2, 0) is 4.84 Å². The number of aryl methyl sites for hydroxylation is 3. The van der Waals surface area contributed by atoms with Crippen LogP contribution >= 0.6 is 0 Å². The smallest absolute Gasteiger partial charge is 0.144 e. The monoisotopic (exact) mass is 285 g/mol. The molecule has 0 spiro atoms. The summed E-state index contributed by atoms with van der Waals surface area (Å²) in [6.07, 6.45) is 2.91. The number of oxime groups is 1. The van der Waals surface area contributed by atoms with Gasteiger partial charge in [-0.05, 0) is 31.9 Å². The van der Waals surface area contributed by atoms with Crippen molar-refractivity contribution in [2.75, 3.05) is 18.2 Å². The molecular formula is C15H19N5O. The summed E-state index contributed by atoms with van der Waals surface area (Å²) in [6.45, 7) is 6.18. The highest BCUT2D eigenvalue weighted by molar-refractivity contribution is 5.92. The maximum Gasteiger partial charge on any atom is 0.144 e. The number of rotatable bonds is 4. The third-order valence-electron chi connectivity index (χ3n) is 3.12. The fourth-order valence-electron chi connectivity index (χ4n) is 2.24. The molecule has 0 saturated heterocycles. The third kappa shape index (κ3) is 3.28. The predicted molar refractivity (Wildman–Crippen MR) is 85.0 cm³/mol. The molecule has 0 atom stereocenters. The van der Waals surface area contributed by atoms with Crippen molar-refractivity contribution in [2.24, 2.45) is 5.16 Å². The van der Waals surface area contributed by atoms with Gasteiger partial charge in [-0.3, -0.25) is 0 Å². The van der Waals surface area contributed by atoms with E-state index < -0.39 is 0 Å². The second kappa shape index (κ2) is 6.21. The first-order chi connectivity index (χ1) is 10.0. The molecule has 1 aromatic carbocycles. The largest absolute Gasteiger partial charge is 0.399 e. The van der Waals surface area contributed by atoms with E-state index in [0.29, 0.717) is 17.2 Å². The standard InChI is InChI=1S/C15H19N5O/c1-9-5-10(2)13(11(3)6-9)20-15-12(7-19-21-4)14(16)17-8-18-15/h5-8H,1-4H3,(H3,16,17,18,20)/b19-7+. The van der Waals surface area contributed by atoms with Crippen LogP contribution in [0.5, 0.6) is 0 Å². The van der Waals surface area contributed by atoms with E-state index in [2.05, 4.69) is 53.3 Å². The Labute approximate surface area is 124 Å². The molecule has 0 saturated carbocycles. The van der Waals surface area contributed by atoms with Crippen molar-refractivity contribution in [2.45, 2.75) is 20.8 Å². The lowest BCUT2D eigenvalue weighted by molar-refractivity contribution is 0.215. The maximum atomic E-state index is 5.88. The van der Waals surface area contributed by atoms with Crippen molar-refractivity contribution in [3.8, 4) is 0 Å². The molecular weight excluding hydrogens is 266 g/mol. The molecule has 2 rings (SSSR count). The number of nitrogen functional groups attached to an aromatic ring is 1. The summed E-state index contributed by atoms with van der Waals surface area (Å²) >= 11 is 0. The number of aromatic nitrogens is 2. The summed E-state index contributed by atoms with van der Waals surface area (Å²) < 4.78 is 0. The molecule has 6 nitrogen and oxygen atoms in total. The summed E-state index contributed by atoms with van der Waals surface area (Å²) in [5.74, 6) is 0.939. The van der Waals surface area contributed by atoms with E-state index in [-0.39, 0.29) is 0 Å². The van der Waals surface area contributed by atoms with Gasteiger partial charge >= 0.3 is 0 Å². The minimum absolute atomic E-state index is 0.343. The number of nitrogens with two attached hydrogens (primary N) is 1. The van der Waals surface area contributed by atoms with E-state index in [1.807, 2.05) is 0 Å². The van der Waals surface area contributed by atoms with E-state index >= 15 is 0 Å². The normalized spacial score (nSPS) is 10.9. The van der Waals surface area contributed by atoms with Crippen LogP contribution in [-0.4, -0.2) is 23.3 Å². The van der Waals surface area contributed by atoms with Crippen LogP contribution in [0.15, 0.2) is 23.6 Å². The highest BCUT2D eigenvalue weighted by atomic mass is 16.6. The highest BCUT2D eigenvalue weighted by Gasteiger charge is 2.11. The summed E-state index contributed by atoms with van der Waals surface area (Å²) in [4.78, 5) is 12.9. The SMILES string of the molecule is CO/N=C/c1c(N)ncnc1Nc1c(C)cc(C)cc1C. The van der Waals surface area contributed by atoms with Gasteiger partial charge in [-0.15, -0.1) is 0 Å². The molecule has 0 aliphatic rings. The Balaban J connectivity index is 2.45. The minimum atomic E-state index is 0.343. The highest BCUT2D eigenvalue weighted by Crippen LogP contribution is 2.27. The van der Waals surface area contributed by atoms with Gasteiger partial charge in [0.25, 0.3) is 0 Å². The molecule has 6 heteroatoms. The van der Waals surface area contributed by atoms with Crippen LogP contribution in [0, 0.1) is 20.8 Å². The Morgan fingerprint density at radius 3 is 2.48 bits per heavy atom. The average Bonchev–Trinajstić information content (AvgIpc) is 2.42. The predicted octanol–water partition coefficient (Wildman–Crippen LogP) is 2.71. The van der Waals surface area contributed by atoms with Gasteiger partial charge in [0, 0.05) is 5.69 Å². The molecule has 1 aromatic heterocycles. The van der Waals surface area contributed by atoms with Crippen LogP contribution < -0.4 is 11.1 Å². The van der Waals surface area contributed by atoms with Gasteiger partial charge in [-0.25, -0.2) is 9.97 Å². The fraction of sp³-hybridized carbons (Fsp3) is 0.267. The van der Waals surface area contributed by atoms with E-state index in [0.717, 1.165) is 16.8 Å². The third-order valence-corrected chi connectivity index (χ3v) is 3.12. The van der Waals surface area contributed by atoms with Crippen molar-refractivity contribution in [3.63, 3.8) is 0 Å². The summed E-state index contributed by atoms with van der Waals surface area (Å²) in [7, 11) is 1.47. The first kappa shape index (κ1) is 14.8. The van der Waals surface area contributed by atoms with Crippen molar-refractivity contribution in [1.29, 1.82) is 0 Å². The first-order valence-corrected chi connectivity index (χ1v) is 6.54. The average molecular weight is 285 g/mol. The van der Waals surface area contributed by atoms with Crippen molar-refractivity contribution < 1.29 is 4.84 Å². The number of hydrogen-bond acceptors (Lipinski definition) is 6. The number of nitrogens with zero attached hydrogens (tertiary/aromatic N) is 3. The summed E-state index contributed by atoms with van der Waals surface area (Å²) in [5, 5.41) is 7.05. The molecule has 1 heterocycles. The molecule has 0 aliphatic carbocycles. The minimum Gasteiger partial charge on any atom is -0.399 e. The van der Waals surface area contributed by atoms with Crippen LogP contribution in [0.4, 0.5) is 17.3 Å². The lowest BCUT2D eigenvalue weighted by Gasteiger charge is -2.15. The van der Waals surface area contributed by atoms with Crippen molar-refractivity contribution >= 4 is 23.5 Å². The zero-order valence-corrected chi connectivity index (χ0v) is 12.6. The lowest BCUT2D eigenvalue weighted by Crippen LogP contribution is -2.06. The fourth-order valence-corrected chi connectivity index (χ4v) is 2.24. The Hall–Kier alpha value is -2.63. The van der Waals surface area contributed by atoms with Crippen LogP contribution in [0.1, 0.15) is 22.3 Å². The molecule has 3 N–H and O–H groups in total. The number of anilines is 3. The molecule has 0 aliphatic heterocycles. The summed E-state index contributed by atoms with van der Waals surface area (Å²) in [5.41, 5.74) is 11.0. The van der Waals surface area contributed by atoms with Gasteiger partial charge in [0.1, 0.15) is 25.1 Å². The molecule has 110 valence electrons. The van der Waals surface area contributed by atoms with E-state index in [1.54, 1.807) is 0 Å².